The van der Waals surface area contributed by atoms with Gasteiger partial charge in [0, 0.05) is 32.4 Å². The molecule has 0 bridgehead atoms. The van der Waals surface area contributed by atoms with Crippen molar-refractivity contribution in [1.82, 2.24) is 14.9 Å². The van der Waals surface area contributed by atoms with E-state index in [2.05, 4.69) is 9.97 Å². The quantitative estimate of drug-likeness (QED) is 0.801. The standard InChI is InChI=1S/C17H20N4O3/c1-12-14(13(2)22)11-18-17(19-12)21-7-4-6-20(8-9-21)16(23)15-5-3-10-24-15/h3,5,10-11H,4,6-9H2,1-2H3. The monoisotopic (exact) mass is 328 g/mol. The molecule has 1 aliphatic heterocycles. The molecule has 1 saturated heterocycles. The molecule has 7 nitrogen and oxygen atoms in total. The molecule has 0 radical (unpaired) electrons. The van der Waals surface area contributed by atoms with Gasteiger partial charge >= 0.3 is 0 Å². The van der Waals surface area contributed by atoms with E-state index in [1.54, 1.807) is 23.2 Å². The van der Waals surface area contributed by atoms with Gasteiger partial charge in [-0.25, -0.2) is 9.97 Å². The van der Waals surface area contributed by atoms with Gasteiger partial charge in [0.1, 0.15) is 0 Å². The number of rotatable bonds is 3. The molecule has 7 heteroatoms. The molecule has 24 heavy (non-hydrogen) atoms. The second-order valence-electron chi connectivity index (χ2n) is 5.84. The zero-order valence-corrected chi connectivity index (χ0v) is 13.9. The fourth-order valence-electron chi connectivity index (χ4n) is 2.83. The second-order valence-corrected chi connectivity index (χ2v) is 5.84. The van der Waals surface area contributed by atoms with Crippen LogP contribution in [0.5, 0.6) is 0 Å². The first-order chi connectivity index (χ1) is 11.6. The average molecular weight is 328 g/mol. The lowest BCUT2D eigenvalue weighted by atomic mass is 10.2. The summed E-state index contributed by atoms with van der Waals surface area (Å²) in [7, 11) is 0. The zero-order valence-electron chi connectivity index (χ0n) is 13.9. The molecular weight excluding hydrogens is 308 g/mol. The molecule has 0 unspecified atom stereocenters. The third kappa shape index (κ3) is 3.29. The summed E-state index contributed by atoms with van der Waals surface area (Å²) in [6.45, 7) is 5.98. The van der Waals surface area contributed by atoms with Crippen molar-refractivity contribution in [2.75, 3.05) is 31.1 Å². The summed E-state index contributed by atoms with van der Waals surface area (Å²) in [6, 6.07) is 3.39. The van der Waals surface area contributed by atoms with Crippen molar-refractivity contribution in [3.8, 4) is 0 Å². The van der Waals surface area contributed by atoms with Crippen LogP contribution in [0.2, 0.25) is 0 Å². The number of nitrogens with zero attached hydrogens (tertiary/aromatic N) is 4. The highest BCUT2D eigenvalue weighted by atomic mass is 16.3. The van der Waals surface area contributed by atoms with E-state index in [9.17, 15) is 9.59 Å². The predicted molar refractivity (Wildman–Crippen MR) is 88.2 cm³/mol. The zero-order chi connectivity index (χ0) is 17.1. The fraction of sp³-hybridized carbons (Fsp3) is 0.412. The summed E-state index contributed by atoms with van der Waals surface area (Å²) in [4.78, 5) is 36.5. The molecule has 0 N–H and O–H groups in total. The first-order valence-corrected chi connectivity index (χ1v) is 7.98. The highest BCUT2D eigenvalue weighted by Gasteiger charge is 2.23. The smallest absolute Gasteiger partial charge is 0.289 e. The van der Waals surface area contributed by atoms with E-state index in [1.807, 2.05) is 11.8 Å². The lowest BCUT2D eigenvalue weighted by Crippen LogP contribution is -2.35. The van der Waals surface area contributed by atoms with Crippen LogP contribution in [0.4, 0.5) is 5.95 Å². The van der Waals surface area contributed by atoms with Gasteiger partial charge in [0.15, 0.2) is 11.5 Å². The van der Waals surface area contributed by atoms with Crippen LogP contribution in [0.15, 0.2) is 29.0 Å². The lowest BCUT2D eigenvalue weighted by molar-refractivity contribution is 0.0735. The van der Waals surface area contributed by atoms with Crippen molar-refractivity contribution in [2.45, 2.75) is 20.3 Å². The summed E-state index contributed by atoms with van der Waals surface area (Å²) in [5.41, 5.74) is 1.23. The molecule has 3 heterocycles. The minimum absolute atomic E-state index is 0.0369. The Bertz CT molecular complexity index is 742. The Labute approximate surface area is 140 Å². The number of hydrogen-bond acceptors (Lipinski definition) is 6. The number of carbonyl (C=O) groups excluding carboxylic acids is 2. The number of furan rings is 1. The maximum Gasteiger partial charge on any atom is 0.289 e. The average Bonchev–Trinajstić information content (AvgIpc) is 2.98. The van der Waals surface area contributed by atoms with E-state index in [0.29, 0.717) is 42.6 Å². The summed E-state index contributed by atoms with van der Waals surface area (Å²) >= 11 is 0. The van der Waals surface area contributed by atoms with Crippen molar-refractivity contribution >= 4 is 17.6 Å². The maximum atomic E-state index is 12.4. The van der Waals surface area contributed by atoms with E-state index >= 15 is 0 Å². The van der Waals surface area contributed by atoms with Crippen molar-refractivity contribution in [2.24, 2.45) is 0 Å². The molecule has 0 aliphatic carbocycles. The van der Waals surface area contributed by atoms with Crippen LogP contribution in [0, 0.1) is 6.92 Å². The number of hydrogen-bond donors (Lipinski definition) is 0. The van der Waals surface area contributed by atoms with Crippen molar-refractivity contribution in [3.63, 3.8) is 0 Å². The summed E-state index contributed by atoms with van der Waals surface area (Å²) < 4.78 is 5.19. The van der Waals surface area contributed by atoms with Crippen LogP contribution in [0.25, 0.3) is 0 Å². The minimum atomic E-state index is -0.0918. The van der Waals surface area contributed by atoms with Crippen molar-refractivity contribution < 1.29 is 14.0 Å². The Morgan fingerprint density at radius 1 is 1.21 bits per heavy atom. The van der Waals surface area contributed by atoms with Gasteiger partial charge in [-0.2, -0.15) is 0 Å². The molecule has 0 spiro atoms. The Balaban J connectivity index is 1.70. The molecule has 126 valence electrons. The van der Waals surface area contributed by atoms with Gasteiger partial charge in [0.2, 0.25) is 5.95 Å². The van der Waals surface area contributed by atoms with Gasteiger partial charge < -0.3 is 14.2 Å². The van der Waals surface area contributed by atoms with Crippen LogP contribution < -0.4 is 4.90 Å². The van der Waals surface area contributed by atoms with Crippen LogP contribution in [0.1, 0.15) is 40.0 Å². The first-order valence-electron chi connectivity index (χ1n) is 7.98. The number of aryl methyl sites for hydroxylation is 1. The van der Waals surface area contributed by atoms with Gasteiger partial charge in [0.05, 0.1) is 17.5 Å². The van der Waals surface area contributed by atoms with E-state index in [1.165, 1.54) is 13.2 Å². The highest BCUT2D eigenvalue weighted by Crippen LogP contribution is 2.15. The molecule has 2 aromatic heterocycles. The van der Waals surface area contributed by atoms with Crippen LogP contribution in [-0.2, 0) is 0 Å². The molecule has 1 aliphatic rings. The van der Waals surface area contributed by atoms with Gasteiger partial charge in [-0.3, -0.25) is 9.59 Å². The molecule has 3 rings (SSSR count). The Morgan fingerprint density at radius 2 is 2.04 bits per heavy atom. The Kier molecular flexibility index (Phi) is 4.59. The summed E-state index contributed by atoms with van der Waals surface area (Å²) in [6.07, 6.45) is 3.91. The molecule has 1 amide bonds. The lowest BCUT2D eigenvalue weighted by Gasteiger charge is -2.22. The number of Topliss-reactive ketones (excluding diaryl/α,β-unsaturated/α-hetero) is 1. The first kappa shape index (κ1) is 16.2. The normalized spacial score (nSPS) is 15.2. The van der Waals surface area contributed by atoms with E-state index in [4.69, 9.17) is 4.42 Å². The fourth-order valence-corrected chi connectivity index (χ4v) is 2.83. The molecule has 0 saturated carbocycles. The largest absolute Gasteiger partial charge is 0.459 e. The summed E-state index contributed by atoms with van der Waals surface area (Å²) in [5, 5.41) is 0. The van der Waals surface area contributed by atoms with Crippen LogP contribution >= 0.6 is 0 Å². The van der Waals surface area contributed by atoms with Gasteiger partial charge in [-0.15, -0.1) is 0 Å². The third-order valence-electron chi connectivity index (χ3n) is 4.14. The van der Waals surface area contributed by atoms with Crippen molar-refractivity contribution in [3.05, 3.63) is 41.6 Å². The SMILES string of the molecule is CC(=O)c1cnc(N2CCCN(C(=O)c3ccco3)CC2)nc1C. The minimum Gasteiger partial charge on any atom is -0.459 e. The van der Waals surface area contributed by atoms with Crippen LogP contribution in [-0.4, -0.2) is 52.7 Å². The van der Waals surface area contributed by atoms with Gasteiger partial charge in [-0.1, -0.05) is 0 Å². The highest BCUT2D eigenvalue weighted by molar-refractivity contribution is 5.94. The number of carbonyl (C=O) groups is 2. The molecular formula is C17H20N4O3. The second kappa shape index (κ2) is 6.82. The van der Waals surface area contributed by atoms with Crippen LogP contribution in [0.3, 0.4) is 0 Å². The topological polar surface area (TPSA) is 79.5 Å². The number of aromatic nitrogens is 2. The third-order valence-corrected chi connectivity index (χ3v) is 4.14. The Hall–Kier alpha value is -2.70. The van der Waals surface area contributed by atoms with Gasteiger partial charge in [0.25, 0.3) is 5.91 Å². The molecule has 0 aromatic carbocycles. The molecule has 1 fully saturated rings. The van der Waals surface area contributed by atoms with E-state index in [-0.39, 0.29) is 11.7 Å². The van der Waals surface area contributed by atoms with Gasteiger partial charge in [-0.05, 0) is 32.4 Å². The summed E-state index contributed by atoms with van der Waals surface area (Å²) in [5.74, 6) is 0.835. The molecule has 0 atom stereocenters. The Morgan fingerprint density at radius 3 is 2.71 bits per heavy atom. The molecule has 2 aromatic rings. The maximum absolute atomic E-state index is 12.4. The van der Waals surface area contributed by atoms with E-state index in [0.717, 1.165) is 13.0 Å². The van der Waals surface area contributed by atoms with E-state index < -0.39 is 0 Å². The number of ketones is 1. The predicted octanol–water partition coefficient (Wildman–Crippen LogP) is 1.93. The van der Waals surface area contributed by atoms with Crippen molar-refractivity contribution in [1.29, 1.82) is 0 Å². The number of amides is 1. The number of anilines is 1.